The van der Waals surface area contributed by atoms with Gasteiger partial charge in [0.1, 0.15) is 0 Å². The van der Waals surface area contributed by atoms with Crippen LogP contribution in [-0.2, 0) is 6.54 Å². The fourth-order valence-corrected chi connectivity index (χ4v) is 1.40. The molecule has 0 aliphatic heterocycles. The van der Waals surface area contributed by atoms with E-state index in [1.807, 2.05) is 6.92 Å². The van der Waals surface area contributed by atoms with Gasteiger partial charge in [-0.1, -0.05) is 6.92 Å². The van der Waals surface area contributed by atoms with Crippen LogP contribution < -0.4 is 5.56 Å². The molecule has 2 rings (SSSR count). The third-order valence-corrected chi connectivity index (χ3v) is 2.08. The summed E-state index contributed by atoms with van der Waals surface area (Å²) in [4.78, 5) is 15.9. The van der Waals surface area contributed by atoms with Crippen molar-refractivity contribution in [3.05, 3.63) is 41.2 Å². The summed E-state index contributed by atoms with van der Waals surface area (Å²) in [6.07, 6.45) is 7.56. The highest BCUT2D eigenvalue weighted by atomic mass is 16.1. The molecule has 78 valence electrons. The van der Waals surface area contributed by atoms with Crippen molar-refractivity contribution in [3.8, 4) is 5.82 Å². The number of rotatable bonds is 3. The Morgan fingerprint density at radius 3 is 2.87 bits per heavy atom. The molecule has 0 aliphatic carbocycles. The molecule has 5 nitrogen and oxygen atoms in total. The third-order valence-electron chi connectivity index (χ3n) is 2.08. The molecule has 0 spiro atoms. The van der Waals surface area contributed by atoms with Gasteiger partial charge in [-0.05, 0) is 12.5 Å². The second-order valence-corrected chi connectivity index (χ2v) is 3.20. The lowest BCUT2D eigenvalue weighted by atomic mass is 10.4. The molecule has 0 fully saturated rings. The number of hydrogen-bond acceptors (Lipinski definition) is 3. The smallest absolute Gasteiger partial charge is 0.295 e. The molecule has 2 aromatic rings. The molecular weight excluding hydrogens is 192 g/mol. The summed E-state index contributed by atoms with van der Waals surface area (Å²) in [5.74, 6) is 0.343. The van der Waals surface area contributed by atoms with Crippen LogP contribution in [0.1, 0.15) is 13.3 Å². The number of nitrogens with zero attached hydrogens (tertiary/aromatic N) is 4. The summed E-state index contributed by atoms with van der Waals surface area (Å²) in [5, 5.41) is 3.99. The van der Waals surface area contributed by atoms with Crippen LogP contribution in [0.3, 0.4) is 0 Å². The van der Waals surface area contributed by atoms with Crippen molar-refractivity contribution < 1.29 is 0 Å². The molecule has 0 saturated carbocycles. The van der Waals surface area contributed by atoms with Crippen LogP contribution in [-0.4, -0.2) is 19.3 Å². The molecule has 0 amide bonds. The summed E-state index contributed by atoms with van der Waals surface area (Å²) >= 11 is 0. The minimum atomic E-state index is -0.108. The molecule has 0 unspecified atom stereocenters. The second kappa shape index (κ2) is 4.08. The average molecular weight is 204 g/mol. The van der Waals surface area contributed by atoms with Crippen LogP contribution in [0.5, 0.6) is 0 Å². The fourth-order valence-electron chi connectivity index (χ4n) is 1.40. The zero-order valence-electron chi connectivity index (χ0n) is 8.50. The van der Waals surface area contributed by atoms with Crippen LogP contribution in [0.2, 0.25) is 0 Å². The zero-order chi connectivity index (χ0) is 10.7. The highest BCUT2D eigenvalue weighted by Gasteiger charge is 2.05. The van der Waals surface area contributed by atoms with Crippen molar-refractivity contribution in [1.82, 2.24) is 19.3 Å². The van der Waals surface area contributed by atoms with E-state index in [-0.39, 0.29) is 5.56 Å². The molecule has 0 bridgehead atoms. The van der Waals surface area contributed by atoms with Crippen molar-refractivity contribution in [3.63, 3.8) is 0 Å². The standard InChI is InChI=1S/C10H12N4O/c1-2-6-13-8-5-11-9(10(13)15)14-7-3-4-12-14/h3-5,7-8H,2,6H2,1H3. The van der Waals surface area contributed by atoms with Crippen LogP contribution in [0.4, 0.5) is 0 Å². The molecule has 0 aromatic carbocycles. The number of aromatic nitrogens is 4. The van der Waals surface area contributed by atoms with E-state index in [0.29, 0.717) is 12.4 Å². The van der Waals surface area contributed by atoms with Gasteiger partial charge in [0.15, 0.2) is 0 Å². The first kappa shape index (κ1) is 9.64. The van der Waals surface area contributed by atoms with Gasteiger partial charge in [-0.15, -0.1) is 0 Å². The van der Waals surface area contributed by atoms with Gasteiger partial charge in [-0.3, -0.25) is 4.79 Å². The van der Waals surface area contributed by atoms with Gasteiger partial charge < -0.3 is 4.57 Å². The molecule has 0 radical (unpaired) electrons. The van der Waals surface area contributed by atoms with Gasteiger partial charge in [-0.25, -0.2) is 9.67 Å². The second-order valence-electron chi connectivity index (χ2n) is 3.20. The number of aryl methyl sites for hydroxylation is 1. The molecule has 2 aromatic heterocycles. The molecule has 0 aliphatic rings. The van der Waals surface area contributed by atoms with E-state index in [4.69, 9.17) is 0 Å². The molecule has 5 heteroatoms. The van der Waals surface area contributed by atoms with E-state index >= 15 is 0 Å². The predicted octanol–water partition coefficient (Wildman–Crippen LogP) is 0.839. The predicted molar refractivity (Wildman–Crippen MR) is 55.9 cm³/mol. The Hall–Kier alpha value is -1.91. The zero-order valence-corrected chi connectivity index (χ0v) is 8.50. The maximum atomic E-state index is 11.9. The van der Waals surface area contributed by atoms with Crippen molar-refractivity contribution in [2.45, 2.75) is 19.9 Å². The number of hydrogen-bond donors (Lipinski definition) is 0. The van der Waals surface area contributed by atoms with Gasteiger partial charge >= 0.3 is 0 Å². The highest BCUT2D eigenvalue weighted by molar-refractivity contribution is 5.16. The Bertz CT molecular complexity index is 486. The van der Waals surface area contributed by atoms with Crippen molar-refractivity contribution in [2.24, 2.45) is 0 Å². The van der Waals surface area contributed by atoms with Gasteiger partial charge in [0, 0.05) is 31.3 Å². The highest BCUT2D eigenvalue weighted by Crippen LogP contribution is 1.95. The van der Waals surface area contributed by atoms with Gasteiger partial charge in [0.2, 0.25) is 5.82 Å². The van der Waals surface area contributed by atoms with E-state index in [1.54, 1.807) is 35.4 Å². The Kier molecular flexibility index (Phi) is 2.62. The van der Waals surface area contributed by atoms with Crippen molar-refractivity contribution >= 4 is 0 Å². The molecule has 0 saturated heterocycles. The largest absolute Gasteiger partial charge is 0.311 e. The summed E-state index contributed by atoms with van der Waals surface area (Å²) in [6.45, 7) is 2.73. The Balaban J connectivity index is 2.50. The first-order chi connectivity index (χ1) is 7.33. The van der Waals surface area contributed by atoms with Gasteiger partial charge in [0.05, 0.1) is 0 Å². The minimum Gasteiger partial charge on any atom is -0.311 e. The summed E-state index contributed by atoms with van der Waals surface area (Å²) in [6, 6.07) is 1.76. The normalized spacial score (nSPS) is 10.5. The maximum Gasteiger partial charge on any atom is 0.295 e. The van der Waals surface area contributed by atoms with Crippen LogP contribution in [0, 0.1) is 0 Å². The molecule has 15 heavy (non-hydrogen) atoms. The van der Waals surface area contributed by atoms with Crippen LogP contribution in [0.15, 0.2) is 35.6 Å². The van der Waals surface area contributed by atoms with Gasteiger partial charge in [0.25, 0.3) is 5.56 Å². The topological polar surface area (TPSA) is 52.7 Å². The molecule has 0 atom stereocenters. The average Bonchev–Trinajstić information content (AvgIpc) is 2.74. The summed E-state index contributed by atoms with van der Waals surface area (Å²) in [5.41, 5.74) is -0.108. The minimum absolute atomic E-state index is 0.108. The maximum absolute atomic E-state index is 11.9. The SMILES string of the molecule is CCCn1ccnc(-n2cccn2)c1=O. The monoisotopic (exact) mass is 204 g/mol. The lowest BCUT2D eigenvalue weighted by Crippen LogP contribution is -2.25. The summed E-state index contributed by atoms with van der Waals surface area (Å²) < 4.78 is 3.12. The van der Waals surface area contributed by atoms with E-state index in [0.717, 1.165) is 6.42 Å². The van der Waals surface area contributed by atoms with Gasteiger partial charge in [-0.2, -0.15) is 5.10 Å². The molecule has 0 N–H and O–H groups in total. The Morgan fingerprint density at radius 1 is 1.33 bits per heavy atom. The molecule has 2 heterocycles. The lowest BCUT2D eigenvalue weighted by molar-refractivity contribution is 0.636. The first-order valence-corrected chi connectivity index (χ1v) is 4.88. The first-order valence-electron chi connectivity index (χ1n) is 4.88. The van der Waals surface area contributed by atoms with Crippen LogP contribution >= 0.6 is 0 Å². The quantitative estimate of drug-likeness (QED) is 0.744. The van der Waals surface area contributed by atoms with E-state index in [1.165, 1.54) is 4.68 Å². The Morgan fingerprint density at radius 2 is 2.20 bits per heavy atom. The van der Waals surface area contributed by atoms with E-state index in [2.05, 4.69) is 10.1 Å². The van der Waals surface area contributed by atoms with Crippen molar-refractivity contribution in [1.29, 1.82) is 0 Å². The van der Waals surface area contributed by atoms with E-state index in [9.17, 15) is 4.79 Å². The van der Waals surface area contributed by atoms with Crippen molar-refractivity contribution in [2.75, 3.05) is 0 Å². The summed E-state index contributed by atoms with van der Waals surface area (Å²) in [7, 11) is 0. The fraction of sp³-hybridized carbons (Fsp3) is 0.300. The van der Waals surface area contributed by atoms with Crippen LogP contribution in [0.25, 0.3) is 5.82 Å². The lowest BCUT2D eigenvalue weighted by Gasteiger charge is -2.05. The Labute approximate surface area is 87.0 Å². The third kappa shape index (κ3) is 1.81. The molecular formula is C10H12N4O. The van der Waals surface area contributed by atoms with E-state index < -0.39 is 0 Å².